The van der Waals surface area contributed by atoms with E-state index in [-0.39, 0.29) is 11.8 Å². The van der Waals surface area contributed by atoms with Gasteiger partial charge in [0, 0.05) is 53.2 Å². The molecule has 0 spiro atoms. The molecule has 144 valence electrons. The topological polar surface area (TPSA) is 45.6 Å². The number of carbonyl (C=O) groups excluding carboxylic acids is 2. The van der Waals surface area contributed by atoms with E-state index in [0.29, 0.717) is 38.6 Å². The van der Waals surface area contributed by atoms with Crippen molar-refractivity contribution in [3.63, 3.8) is 0 Å². The minimum atomic E-state index is 0.124. The van der Waals surface area contributed by atoms with Crippen molar-refractivity contribution in [2.24, 2.45) is 5.92 Å². The fourth-order valence-corrected chi connectivity index (χ4v) is 4.98. The van der Waals surface area contributed by atoms with Gasteiger partial charge in [-0.25, -0.2) is 0 Å². The van der Waals surface area contributed by atoms with Crippen molar-refractivity contribution in [1.29, 1.82) is 0 Å². The summed E-state index contributed by atoms with van der Waals surface area (Å²) < 4.78 is 3.13. The van der Waals surface area contributed by atoms with Crippen molar-refractivity contribution in [3.8, 4) is 0 Å². The SMILES string of the molecule is Cc1c(Br)c2ccccc2n1CC(=O)N1CCN(C(=O)C2CCCC2)CC1. The van der Waals surface area contributed by atoms with Crippen molar-refractivity contribution in [1.82, 2.24) is 14.4 Å². The van der Waals surface area contributed by atoms with Gasteiger partial charge in [-0.1, -0.05) is 31.0 Å². The molecule has 27 heavy (non-hydrogen) atoms. The lowest BCUT2D eigenvalue weighted by Crippen LogP contribution is -2.52. The molecule has 1 saturated carbocycles. The Bertz CT molecular complexity index is 862. The number of para-hydroxylation sites is 1. The number of benzene rings is 1. The van der Waals surface area contributed by atoms with Crippen LogP contribution in [0.3, 0.4) is 0 Å². The predicted molar refractivity (Wildman–Crippen MR) is 109 cm³/mol. The van der Waals surface area contributed by atoms with Crippen molar-refractivity contribution in [2.45, 2.75) is 39.2 Å². The molecule has 2 aliphatic rings. The van der Waals surface area contributed by atoms with Crippen LogP contribution in [-0.2, 0) is 16.1 Å². The molecular formula is C21H26BrN3O2. The summed E-state index contributed by atoms with van der Waals surface area (Å²) >= 11 is 3.65. The normalized spacial score (nSPS) is 18.4. The number of hydrogen-bond donors (Lipinski definition) is 0. The molecule has 2 fully saturated rings. The molecule has 2 heterocycles. The Labute approximate surface area is 168 Å². The highest BCUT2D eigenvalue weighted by Crippen LogP contribution is 2.30. The Morgan fingerprint density at radius 3 is 2.37 bits per heavy atom. The van der Waals surface area contributed by atoms with E-state index in [9.17, 15) is 9.59 Å². The summed E-state index contributed by atoms with van der Waals surface area (Å²) in [5, 5.41) is 1.13. The standard InChI is InChI=1S/C21H26BrN3O2/c1-15-20(22)17-8-4-5-9-18(17)25(15)14-19(26)23-10-12-24(13-11-23)21(27)16-6-2-3-7-16/h4-5,8-9,16H,2-3,6-7,10-14H2,1H3. The molecule has 1 aliphatic carbocycles. The number of halogens is 1. The smallest absolute Gasteiger partial charge is 0.242 e. The van der Waals surface area contributed by atoms with Crippen LogP contribution in [0.1, 0.15) is 31.4 Å². The number of aromatic nitrogens is 1. The Hall–Kier alpha value is -1.82. The number of amides is 2. The summed E-state index contributed by atoms with van der Waals surface area (Å²) in [6, 6.07) is 8.14. The zero-order valence-electron chi connectivity index (χ0n) is 15.8. The zero-order chi connectivity index (χ0) is 19.0. The average molecular weight is 432 g/mol. The van der Waals surface area contributed by atoms with Gasteiger partial charge >= 0.3 is 0 Å². The van der Waals surface area contributed by atoms with E-state index in [0.717, 1.165) is 33.9 Å². The average Bonchev–Trinajstić information content (AvgIpc) is 3.32. The number of piperazine rings is 1. The largest absolute Gasteiger partial charge is 0.339 e. The summed E-state index contributed by atoms with van der Waals surface area (Å²) in [5.74, 6) is 0.647. The summed E-state index contributed by atoms with van der Waals surface area (Å²) in [4.78, 5) is 29.3. The molecule has 2 amide bonds. The minimum Gasteiger partial charge on any atom is -0.339 e. The lowest BCUT2D eigenvalue weighted by atomic mass is 10.1. The maximum Gasteiger partial charge on any atom is 0.242 e. The van der Waals surface area contributed by atoms with Gasteiger partial charge in [0.1, 0.15) is 6.54 Å². The second-order valence-corrected chi connectivity index (χ2v) is 8.48. The molecule has 0 N–H and O–H groups in total. The van der Waals surface area contributed by atoms with Gasteiger partial charge in [0.05, 0.1) is 0 Å². The third kappa shape index (κ3) is 3.51. The molecule has 5 nitrogen and oxygen atoms in total. The van der Waals surface area contributed by atoms with Crippen LogP contribution in [-0.4, -0.2) is 52.4 Å². The van der Waals surface area contributed by atoms with Crippen LogP contribution in [0.2, 0.25) is 0 Å². The highest BCUT2D eigenvalue weighted by molar-refractivity contribution is 9.10. The summed E-state index contributed by atoms with van der Waals surface area (Å²) in [5.41, 5.74) is 2.14. The molecule has 0 radical (unpaired) electrons. The second-order valence-electron chi connectivity index (χ2n) is 7.69. The van der Waals surface area contributed by atoms with E-state index >= 15 is 0 Å². The zero-order valence-corrected chi connectivity index (χ0v) is 17.4. The van der Waals surface area contributed by atoms with Crippen molar-refractivity contribution < 1.29 is 9.59 Å². The van der Waals surface area contributed by atoms with Gasteiger partial charge in [0.25, 0.3) is 0 Å². The van der Waals surface area contributed by atoms with Crippen molar-refractivity contribution in [2.75, 3.05) is 26.2 Å². The van der Waals surface area contributed by atoms with Gasteiger partial charge in [-0.05, 0) is 41.8 Å². The first kappa shape index (κ1) is 18.5. The number of rotatable bonds is 3. The molecule has 4 rings (SSSR count). The van der Waals surface area contributed by atoms with E-state index in [1.807, 2.05) is 28.9 Å². The van der Waals surface area contributed by atoms with Crippen LogP contribution in [0, 0.1) is 12.8 Å². The van der Waals surface area contributed by atoms with Crippen LogP contribution in [0.5, 0.6) is 0 Å². The third-order valence-corrected chi connectivity index (χ3v) is 7.10. The fourth-order valence-electron chi connectivity index (χ4n) is 4.43. The van der Waals surface area contributed by atoms with E-state index in [2.05, 4.69) is 32.6 Å². The van der Waals surface area contributed by atoms with E-state index in [4.69, 9.17) is 0 Å². The first-order chi connectivity index (χ1) is 13.1. The first-order valence-electron chi connectivity index (χ1n) is 9.86. The fraction of sp³-hybridized carbons (Fsp3) is 0.524. The summed E-state index contributed by atoms with van der Waals surface area (Å²) in [6.07, 6.45) is 4.42. The van der Waals surface area contributed by atoms with Crippen LogP contribution in [0.4, 0.5) is 0 Å². The predicted octanol–water partition coefficient (Wildman–Crippen LogP) is 3.57. The third-order valence-electron chi connectivity index (χ3n) is 6.10. The number of carbonyl (C=O) groups is 2. The summed E-state index contributed by atoms with van der Waals surface area (Å²) in [7, 11) is 0. The number of nitrogens with zero attached hydrogens (tertiary/aromatic N) is 3. The molecule has 1 aromatic carbocycles. The van der Waals surface area contributed by atoms with Gasteiger partial charge in [-0.15, -0.1) is 0 Å². The molecule has 0 unspecified atom stereocenters. The monoisotopic (exact) mass is 431 g/mol. The van der Waals surface area contributed by atoms with Gasteiger partial charge in [0.15, 0.2) is 0 Å². The molecule has 6 heteroatoms. The Balaban J connectivity index is 1.40. The molecule has 0 atom stereocenters. The molecule has 1 aromatic heterocycles. The lowest BCUT2D eigenvalue weighted by Gasteiger charge is -2.36. The Kier molecular flexibility index (Phi) is 5.26. The molecule has 1 saturated heterocycles. The van der Waals surface area contributed by atoms with Crippen molar-refractivity contribution in [3.05, 3.63) is 34.4 Å². The maximum atomic E-state index is 12.9. The molecular weight excluding hydrogens is 406 g/mol. The Morgan fingerprint density at radius 2 is 1.67 bits per heavy atom. The first-order valence-corrected chi connectivity index (χ1v) is 10.7. The van der Waals surface area contributed by atoms with Gasteiger partial charge in [0.2, 0.25) is 11.8 Å². The highest BCUT2D eigenvalue weighted by Gasteiger charge is 2.30. The second kappa shape index (κ2) is 7.66. The van der Waals surface area contributed by atoms with E-state index < -0.39 is 0 Å². The van der Waals surface area contributed by atoms with Gasteiger partial charge in [-0.2, -0.15) is 0 Å². The Morgan fingerprint density at radius 1 is 1.04 bits per heavy atom. The summed E-state index contributed by atoms with van der Waals surface area (Å²) in [6.45, 7) is 4.98. The molecule has 0 bridgehead atoms. The number of hydrogen-bond acceptors (Lipinski definition) is 2. The highest BCUT2D eigenvalue weighted by atomic mass is 79.9. The molecule has 2 aromatic rings. The quantitative estimate of drug-likeness (QED) is 0.745. The van der Waals surface area contributed by atoms with Gasteiger partial charge < -0.3 is 14.4 Å². The van der Waals surface area contributed by atoms with Crippen LogP contribution < -0.4 is 0 Å². The van der Waals surface area contributed by atoms with E-state index in [1.54, 1.807) is 0 Å². The van der Waals surface area contributed by atoms with Crippen LogP contribution in [0.15, 0.2) is 28.7 Å². The minimum absolute atomic E-state index is 0.124. The van der Waals surface area contributed by atoms with Crippen LogP contribution in [0.25, 0.3) is 10.9 Å². The van der Waals surface area contributed by atoms with Crippen molar-refractivity contribution >= 4 is 38.6 Å². The number of fused-ring (bicyclic) bond motifs is 1. The van der Waals surface area contributed by atoms with Crippen LogP contribution >= 0.6 is 15.9 Å². The lowest BCUT2D eigenvalue weighted by molar-refractivity contribution is -0.142. The van der Waals surface area contributed by atoms with E-state index in [1.165, 1.54) is 12.8 Å². The van der Waals surface area contributed by atoms with Gasteiger partial charge in [-0.3, -0.25) is 9.59 Å². The molecule has 1 aliphatic heterocycles. The maximum absolute atomic E-state index is 12.9.